The van der Waals surface area contributed by atoms with Crippen molar-refractivity contribution in [2.75, 3.05) is 43.9 Å². The second kappa shape index (κ2) is 6.32. The van der Waals surface area contributed by atoms with E-state index in [0.717, 1.165) is 30.9 Å². The molecule has 28 heavy (non-hydrogen) atoms. The zero-order valence-corrected chi connectivity index (χ0v) is 16.1. The Bertz CT molecular complexity index is 1250. The van der Waals surface area contributed by atoms with Gasteiger partial charge in [0, 0.05) is 32.2 Å². The van der Waals surface area contributed by atoms with Crippen molar-refractivity contribution in [2.45, 2.75) is 0 Å². The van der Waals surface area contributed by atoms with Crippen molar-refractivity contribution in [2.24, 2.45) is 0 Å². The lowest BCUT2D eigenvalue weighted by atomic mass is 10.2. The standard InChI is InChI=1S/C19H19FN6OS/c1-25-3-5-26(6-4-25)14-9-13-12(8-10(14)20)22-18(23-13)15-16(21)17-11(2-7-28-17)24-19(15)27/h2,7-9H,3-6H2,1H3,(H,22,23)(H3,21,24,27). The van der Waals surface area contributed by atoms with Crippen molar-refractivity contribution in [1.29, 1.82) is 0 Å². The first-order valence-corrected chi connectivity index (χ1v) is 9.91. The Kier molecular flexibility index (Phi) is 3.88. The fraction of sp³-hybridized carbons (Fsp3) is 0.263. The number of nitrogens with zero attached hydrogens (tertiary/aromatic N) is 3. The molecule has 5 rings (SSSR count). The number of fused-ring (bicyclic) bond motifs is 2. The molecule has 0 bridgehead atoms. The van der Waals surface area contributed by atoms with Crippen LogP contribution in [0.4, 0.5) is 15.8 Å². The molecule has 9 heteroatoms. The van der Waals surface area contributed by atoms with Crippen LogP contribution in [0.3, 0.4) is 0 Å². The molecule has 4 N–H and O–H groups in total. The van der Waals surface area contributed by atoms with Crippen LogP contribution in [0.1, 0.15) is 0 Å². The van der Waals surface area contributed by atoms with Crippen molar-refractivity contribution in [3.8, 4) is 11.4 Å². The van der Waals surface area contributed by atoms with Gasteiger partial charge in [0.2, 0.25) is 0 Å². The number of aromatic amines is 2. The minimum Gasteiger partial charge on any atom is -0.397 e. The van der Waals surface area contributed by atoms with E-state index in [4.69, 9.17) is 5.73 Å². The van der Waals surface area contributed by atoms with Crippen molar-refractivity contribution in [3.63, 3.8) is 0 Å². The fourth-order valence-electron chi connectivity index (χ4n) is 3.70. The third-order valence-corrected chi connectivity index (χ3v) is 6.23. The van der Waals surface area contributed by atoms with Crippen LogP contribution in [0.25, 0.3) is 32.6 Å². The van der Waals surface area contributed by atoms with Crippen LogP contribution >= 0.6 is 11.3 Å². The summed E-state index contributed by atoms with van der Waals surface area (Å²) >= 11 is 1.45. The maximum Gasteiger partial charge on any atom is 0.261 e. The van der Waals surface area contributed by atoms with E-state index in [1.807, 2.05) is 16.3 Å². The summed E-state index contributed by atoms with van der Waals surface area (Å²) < 4.78 is 15.5. The highest BCUT2D eigenvalue weighted by Gasteiger charge is 2.21. The Morgan fingerprint density at radius 2 is 1.96 bits per heavy atom. The molecule has 3 aromatic heterocycles. The molecule has 0 aliphatic carbocycles. The van der Waals surface area contributed by atoms with Gasteiger partial charge >= 0.3 is 0 Å². The second-order valence-corrected chi connectivity index (χ2v) is 8.02. The Morgan fingerprint density at radius 1 is 1.18 bits per heavy atom. The molecule has 1 aliphatic rings. The summed E-state index contributed by atoms with van der Waals surface area (Å²) in [6.45, 7) is 3.31. The summed E-state index contributed by atoms with van der Waals surface area (Å²) in [5.41, 5.74) is 9.00. The van der Waals surface area contributed by atoms with Gasteiger partial charge in [0.15, 0.2) is 0 Å². The monoisotopic (exact) mass is 398 g/mol. The number of thiophene rings is 1. The Balaban J connectivity index is 1.62. The van der Waals surface area contributed by atoms with Gasteiger partial charge in [0.1, 0.15) is 17.2 Å². The van der Waals surface area contributed by atoms with Crippen LogP contribution in [-0.4, -0.2) is 53.1 Å². The average Bonchev–Trinajstić information content (AvgIpc) is 3.28. The largest absolute Gasteiger partial charge is 0.397 e. The molecule has 7 nitrogen and oxygen atoms in total. The Labute approximate surface area is 163 Å². The molecule has 0 radical (unpaired) electrons. The number of benzene rings is 1. The Morgan fingerprint density at radius 3 is 2.75 bits per heavy atom. The minimum atomic E-state index is -0.317. The summed E-state index contributed by atoms with van der Waals surface area (Å²) in [5.74, 6) is 0.0321. The second-order valence-electron chi connectivity index (χ2n) is 7.10. The molecule has 0 atom stereocenters. The number of nitrogens with two attached hydrogens (primary N) is 1. The highest BCUT2D eigenvalue weighted by molar-refractivity contribution is 7.17. The lowest BCUT2D eigenvalue weighted by Gasteiger charge is -2.34. The molecule has 1 saturated heterocycles. The van der Waals surface area contributed by atoms with Gasteiger partial charge in [-0.05, 0) is 24.6 Å². The predicted octanol–water partition coefficient (Wildman–Crippen LogP) is 2.61. The van der Waals surface area contributed by atoms with E-state index in [0.29, 0.717) is 33.7 Å². The molecule has 1 aromatic carbocycles. The number of imidazole rings is 1. The highest BCUT2D eigenvalue weighted by Crippen LogP contribution is 2.32. The third-order valence-electron chi connectivity index (χ3n) is 5.29. The number of nitrogens with one attached hydrogen (secondary N) is 2. The molecule has 1 aliphatic heterocycles. The molecule has 4 aromatic rings. The van der Waals surface area contributed by atoms with Crippen LogP contribution < -0.4 is 16.2 Å². The fourth-order valence-corrected chi connectivity index (χ4v) is 4.52. The summed E-state index contributed by atoms with van der Waals surface area (Å²) in [6.07, 6.45) is 0. The van der Waals surface area contributed by atoms with E-state index in [-0.39, 0.29) is 16.9 Å². The number of pyridine rings is 1. The smallest absolute Gasteiger partial charge is 0.261 e. The zero-order valence-electron chi connectivity index (χ0n) is 15.3. The van der Waals surface area contributed by atoms with Crippen molar-refractivity contribution < 1.29 is 4.39 Å². The number of halogens is 1. The number of likely N-dealkylation sites (N-methyl/N-ethyl adjacent to an activating group) is 1. The van der Waals surface area contributed by atoms with Crippen molar-refractivity contribution in [3.05, 3.63) is 39.8 Å². The van der Waals surface area contributed by atoms with E-state index < -0.39 is 0 Å². The van der Waals surface area contributed by atoms with Gasteiger partial charge in [-0.3, -0.25) is 4.79 Å². The summed E-state index contributed by atoms with van der Waals surface area (Å²) in [7, 11) is 2.06. The molecule has 0 saturated carbocycles. The Hall–Kier alpha value is -2.91. The summed E-state index contributed by atoms with van der Waals surface area (Å²) in [5, 5.41) is 1.87. The number of hydrogen-bond donors (Lipinski definition) is 3. The highest BCUT2D eigenvalue weighted by atomic mass is 32.1. The first-order valence-electron chi connectivity index (χ1n) is 9.03. The van der Waals surface area contributed by atoms with E-state index in [1.165, 1.54) is 17.4 Å². The maximum absolute atomic E-state index is 14.7. The van der Waals surface area contributed by atoms with Gasteiger partial charge in [-0.15, -0.1) is 11.3 Å². The molecular weight excluding hydrogens is 379 g/mol. The van der Waals surface area contributed by atoms with Crippen LogP contribution in [-0.2, 0) is 0 Å². The molecule has 4 heterocycles. The quantitative estimate of drug-likeness (QED) is 0.483. The van der Waals surface area contributed by atoms with E-state index in [2.05, 4.69) is 26.9 Å². The maximum atomic E-state index is 14.7. The minimum absolute atomic E-state index is 0.285. The topological polar surface area (TPSA) is 94.0 Å². The van der Waals surface area contributed by atoms with E-state index in [1.54, 1.807) is 6.07 Å². The van der Waals surface area contributed by atoms with E-state index >= 15 is 0 Å². The normalized spacial score (nSPS) is 15.7. The van der Waals surface area contributed by atoms with Gasteiger partial charge in [-0.1, -0.05) is 0 Å². The van der Waals surface area contributed by atoms with Crippen LogP contribution in [0, 0.1) is 5.82 Å². The average molecular weight is 398 g/mol. The molecule has 1 fully saturated rings. The number of aromatic nitrogens is 3. The van der Waals surface area contributed by atoms with Gasteiger partial charge in [0.25, 0.3) is 5.56 Å². The lowest BCUT2D eigenvalue weighted by Crippen LogP contribution is -2.44. The number of anilines is 2. The first kappa shape index (κ1) is 17.2. The van der Waals surface area contributed by atoms with E-state index in [9.17, 15) is 9.18 Å². The molecule has 144 valence electrons. The summed E-state index contributed by atoms with van der Waals surface area (Å²) in [6, 6.07) is 5.00. The first-order chi connectivity index (χ1) is 13.5. The van der Waals surface area contributed by atoms with Gasteiger partial charge in [-0.25, -0.2) is 9.37 Å². The lowest BCUT2D eigenvalue weighted by molar-refractivity contribution is 0.312. The third kappa shape index (κ3) is 2.66. The van der Waals surface area contributed by atoms with Crippen LogP contribution in [0.5, 0.6) is 0 Å². The van der Waals surface area contributed by atoms with Crippen LogP contribution in [0.2, 0.25) is 0 Å². The number of nitrogen functional groups attached to an aromatic ring is 1. The number of piperazine rings is 1. The molecule has 0 unspecified atom stereocenters. The molecule has 0 amide bonds. The SMILES string of the molecule is CN1CCN(c2cc3[nH]c(-c4c(N)c5sccc5[nH]c4=O)nc3cc2F)CC1. The van der Waals surface area contributed by atoms with Crippen molar-refractivity contribution >= 4 is 44.0 Å². The number of H-pyrrole nitrogens is 2. The number of rotatable bonds is 2. The molecular formula is C19H19FN6OS. The van der Waals surface area contributed by atoms with Gasteiger partial charge < -0.3 is 25.5 Å². The van der Waals surface area contributed by atoms with Crippen LogP contribution in [0.15, 0.2) is 28.4 Å². The van der Waals surface area contributed by atoms with Crippen molar-refractivity contribution in [1.82, 2.24) is 19.9 Å². The molecule has 0 spiro atoms. The zero-order chi connectivity index (χ0) is 19.4. The van der Waals surface area contributed by atoms with Gasteiger partial charge in [-0.2, -0.15) is 0 Å². The number of hydrogen-bond acceptors (Lipinski definition) is 6. The predicted molar refractivity (Wildman–Crippen MR) is 112 cm³/mol. The van der Waals surface area contributed by atoms with Gasteiger partial charge in [0.05, 0.1) is 32.6 Å². The summed E-state index contributed by atoms with van der Waals surface area (Å²) in [4.78, 5) is 27.2.